The number of rotatable bonds is 8. The highest BCUT2D eigenvalue weighted by molar-refractivity contribution is 5.70. The molecule has 0 radical (unpaired) electrons. The van der Waals surface area contributed by atoms with Crippen LogP contribution >= 0.6 is 0 Å². The Balaban J connectivity index is 2.04. The molecule has 0 spiro atoms. The van der Waals surface area contributed by atoms with Gasteiger partial charge in [0.2, 0.25) is 0 Å². The lowest BCUT2D eigenvalue weighted by Crippen LogP contribution is -2.39. The third kappa shape index (κ3) is 6.00. The van der Waals surface area contributed by atoms with E-state index < -0.39 is 5.97 Å². The molecule has 0 saturated carbocycles. The average Bonchev–Trinajstić information content (AvgIpc) is 2.34. The Morgan fingerprint density at radius 1 is 1.41 bits per heavy atom. The van der Waals surface area contributed by atoms with Crippen LogP contribution in [0.5, 0.6) is 0 Å². The molecule has 1 atom stereocenters. The van der Waals surface area contributed by atoms with Crippen LogP contribution in [0.2, 0.25) is 0 Å². The molecule has 1 aliphatic rings. The zero-order chi connectivity index (χ0) is 12.5. The van der Waals surface area contributed by atoms with Crippen molar-refractivity contribution in [3.05, 3.63) is 0 Å². The molecular weight excluding hydrogens is 222 g/mol. The largest absolute Gasteiger partial charge is 0.481 e. The van der Waals surface area contributed by atoms with Gasteiger partial charge in [0, 0.05) is 26.8 Å². The van der Waals surface area contributed by atoms with Crippen molar-refractivity contribution in [2.75, 3.05) is 46.6 Å². The molecular formula is C12H23NO4. The van der Waals surface area contributed by atoms with Crippen molar-refractivity contribution in [2.45, 2.75) is 19.3 Å². The minimum Gasteiger partial charge on any atom is -0.481 e. The molecule has 17 heavy (non-hydrogen) atoms. The number of carbonyl (C=O) groups is 1. The van der Waals surface area contributed by atoms with E-state index in [0.717, 1.165) is 39.0 Å². The standard InChI is InChI=1S/C12H23NO4/c1-16-8-9-17-7-3-6-13-5-2-4-11(10-13)12(14)15/h11H,2-10H2,1H3,(H,14,15). The van der Waals surface area contributed by atoms with Gasteiger partial charge in [-0.15, -0.1) is 0 Å². The molecule has 1 unspecified atom stereocenters. The molecule has 0 aliphatic carbocycles. The fourth-order valence-corrected chi connectivity index (χ4v) is 2.09. The molecule has 1 rings (SSSR count). The van der Waals surface area contributed by atoms with E-state index in [1.165, 1.54) is 0 Å². The second kappa shape index (κ2) is 8.44. The lowest BCUT2D eigenvalue weighted by Gasteiger charge is -2.30. The molecule has 100 valence electrons. The van der Waals surface area contributed by atoms with Gasteiger partial charge < -0.3 is 19.5 Å². The van der Waals surface area contributed by atoms with Crippen LogP contribution in [0, 0.1) is 5.92 Å². The van der Waals surface area contributed by atoms with E-state index in [0.29, 0.717) is 19.8 Å². The molecule has 5 nitrogen and oxygen atoms in total. The smallest absolute Gasteiger partial charge is 0.307 e. The molecule has 5 heteroatoms. The molecule has 0 amide bonds. The van der Waals surface area contributed by atoms with Gasteiger partial charge in [0.15, 0.2) is 0 Å². The van der Waals surface area contributed by atoms with E-state index >= 15 is 0 Å². The summed E-state index contributed by atoms with van der Waals surface area (Å²) in [5, 5.41) is 8.96. The molecule has 1 aliphatic heterocycles. The van der Waals surface area contributed by atoms with Crippen molar-refractivity contribution in [2.24, 2.45) is 5.92 Å². The maximum absolute atomic E-state index is 10.9. The normalized spacial score (nSPS) is 21.6. The summed E-state index contributed by atoms with van der Waals surface area (Å²) in [6.07, 6.45) is 2.76. The minimum absolute atomic E-state index is 0.182. The number of aliphatic carboxylic acids is 1. The third-order valence-electron chi connectivity index (χ3n) is 3.05. The van der Waals surface area contributed by atoms with Gasteiger partial charge in [0.1, 0.15) is 0 Å². The van der Waals surface area contributed by atoms with Crippen molar-refractivity contribution in [3.63, 3.8) is 0 Å². The Bertz CT molecular complexity index is 223. The van der Waals surface area contributed by atoms with Crippen molar-refractivity contribution in [1.29, 1.82) is 0 Å². The van der Waals surface area contributed by atoms with E-state index in [1.54, 1.807) is 7.11 Å². The first-order chi connectivity index (χ1) is 8.24. The van der Waals surface area contributed by atoms with Gasteiger partial charge in [-0.05, 0) is 25.8 Å². The average molecular weight is 245 g/mol. The molecule has 0 bridgehead atoms. The number of methoxy groups -OCH3 is 1. The first-order valence-electron chi connectivity index (χ1n) is 6.26. The first kappa shape index (κ1) is 14.4. The van der Waals surface area contributed by atoms with Gasteiger partial charge in [-0.2, -0.15) is 0 Å². The number of ether oxygens (including phenoxy) is 2. The summed E-state index contributed by atoms with van der Waals surface area (Å²) in [7, 11) is 1.66. The van der Waals surface area contributed by atoms with Crippen LogP contribution < -0.4 is 0 Å². The number of hydrogen-bond donors (Lipinski definition) is 1. The van der Waals surface area contributed by atoms with Gasteiger partial charge in [-0.3, -0.25) is 4.79 Å². The van der Waals surface area contributed by atoms with Crippen molar-refractivity contribution < 1.29 is 19.4 Å². The van der Waals surface area contributed by atoms with E-state index in [2.05, 4.69) is 4.90 Å². The van der Waals surface area contributed by atoms with Crippen LogP contribution in [-0.2, 0) is 14.3 Å². The Labute approximate surface area is 103 Å². The molecule has 0 aromatic carbocycles. The lowest BCUT2D eigenvalue weighted by atomic mass is 9.98. The van der Waals surface area contributed by atoms with Crippen molar-refractivity contribution in [3.8, 4) is 0 Å². The van der Waals surface area contributed by atoms with Gasteiger partial charge in [0.25, 0.3) is 0 Å². The highest BCUT2D eigenvalue weighted by Crippen LogP contribution is 2.16. The van der Waals surface area contributed by atoms with Crippen LogP contribution in [0.4, 0.5) is 0 Å². The highest BCUT2D eigenvalue weighted by Gasteiger charge is 2.24. The number of hydrogen-bond acceptors (Lipinski definition) is 4. The predicted molar refractivity (Wildman–Crippen MR) is 64.1 cm³/mol. The number of piperidine rings is 1. The second-order valence-electron chi connectivity index (χ2n) is 4.44. The van der Waals surface area contributed by atoms with Crippen LogP contribution in [0.3, 0.4) is 0 Å². The summed E-state index contributed by atoms with van der Waals surface area (Å²) < 4.78 is 10.2. The summed E-state index contributed by atoms with van der Waals surface area (Å²) in [6, 6.07) is 0. The van der Waals surface area contributed by atoms with Crippen molar-refractivity contribution in [1.82, 2.24) is 4.90 Å². The lowest BCUT2D eigenvalue weighted by molar-refractivity contribution is -0.143. The first-order valence-corrected chi connectivity index (χ1v) is 6.26. The molecule has 1 heterocycles. The maximum Gasteiger partial charge on any atom is 0.307 e. The second-order valence-corrected chi connectivity index (χ2v) is 4.44. The number of nitrogens with zero attached hydrogens (tertiary/aromatic N) is 1. The molecule has 1 saturated heterocycles. The predicted octanol–water partition coefficient (Wildman–Crippen LogP) is 0.836. The van der Waals surface area contributed by atoms with Crippen LogP contribution in [-0.4, -0.2) is 62.5 Å². The number of likely N-dealkylation sites (tertiary alicyclic amines) is 1. The zero-order valence-corrected chi connectivity index (χ0v) is 10.6. The molecule has 1 N–H and O–H groups in total. The van der Waals surface area contributed by atoms with E-state index in [1.807, 2.05) is 0 Å². The van der Waals surface area contributed by atoms with E-state index in [9.17, 15) is 4.79 Å². The van der Waals surface area contributed by atoms with E-state index in [-0.39, 0.29) is 5.92 Å². The quantitative estimate of drug-likeness (QED) is 0.642. The van der Waals surface area contributed by atoms with Gasteiger partial charge in [-0.1, -0.05) is 0 Å². The monoisotopic (exact) mass is 245 g/mol. The third-order valence-corrected chi connectivity index (χ3v) is 3.05. The fraction of sp³-hybridized carbons (Fsp3) is 0.917. The molecule has 0 aromatic heterocycles. The molecule has 0 aromatic rings. The fourth-order valence-electron chi connectivity index (χ4n) is 2.09. The van der Waals surface area contributed by atoms with Crippen molar-refractivity contribution >= 4 is 5.97 Å². The van der Waals surface area contributed by atoms with Crippen LogP contribution in [0.15, 0.2) is 0 Å². The van der Waals surface area contributed by atoms with E-state index in [4.69, 9.17) is 14.6 Å². The number of carboxylic acids is 1. The summed E-state index contributed by atoms with van der Waals surface area (Å²) in [5.74, 6) is -0.843. The molecule has 1 fully saturated rings. The van der Waals surface area contributed by atoms with Crippen LogP contribution in [0.1, 0.15) is 19.3 Å². The summed E-state index contributed by atoms with van der Waals surface area (Å²) in [5.41, 5.74) is 0. The van der Waals surface area contributed by atoms with Gasteiger partial charge in [0.05, 0.1) is 19.1 Å². The van der Waals surface area contributed by atoms with Gasteiger partial charge >= 0.3 is 5.97 Å². The Morgan fingerprint density at radius 3 is 2.94 bits per heavy atom. The summed E-state index contributed by atoms with van der Waals surface area (Å²) in [4.78, 5) is 13.1. The minimum atomic E-state index is -0.661. The summed E-state index contributed by atoms with van der Waals surface area (Å²) in [6.45, 7) is 4.61. The SMILES string of the molecule is COCCOCCCN1CCCC(C(=O)O)C1. The maximum atomic E-state index is 10.9. The zero-order valence-electron chi connectivity index (χ0n) is 10.6. The summed E-state index contributed by atoms with van der Waals surface area (Å²) >= 11 is 0. The van der Waals surface area contributed by atoms with Gasteiger partial charge in [-0.25, -0.2) is 0 Å². The Morgan fingerprint density at radius 2 is 2.24 bits per heavy atom. The Kier molecular flexibility index (Phi) is 7.16. The highest BCUT2D eigenvalue weighted by atomic mass is 16.5. The van der Waals surface area contributed by atoms with Crippen LogP contribution in [0.25, 0.3) is 0 Å². The topological polar surface area (TPSA) is 59.0 Å². The number of carboxylic acid groups (broad SMARTS) is 1. The Hall–Kier alpha value is -0.650.